The van der Waals surface area contributed by atoms with Gasteiger partial charge in [0.25, 0.3) is 5.91 Å². The second kappa shape index (κ2) is 7.40. The van der Waals surface area contributed by atoms with Gasteiger partial charge in [-0.3, -0.25) is 10.1 Å². The second-order valence-electron chi connectivity index (χ2n) is 6.42. The van der Waals surface area contributed by atoms with Crippen molar-refractivity contribution >= 4 is 22.4 Å². The first kappa shape index (κ1) is 19.3. The summed E-state index contributed by atoms with van der Waals surface area (Å²) in [5.74, 6) is 0.891. The number of amides is 1. The number of thiazole rings is 1. The van der Waals surface area contributed by atoms with E-state index in [2.05, 4.69) is 10.3 Å². The maximum Gasteiger partial charge on any atom is 0.416 e. The predicted molar refractivity (Wildman–Crippen MR) is 102 cm³/mol. The van der Waals surface area contributed by atoms with E-state index in [-0.39, 0.29) is 12.4 Å². The van der Waals surface area contributed by atoms with E-state index in [4.69, 9.17) is 9.47 Å². The van der Waals surface area contributed by atoms with Gasteiger partial charge in [0, 0.05) is 16.9 Å². The van der Waals surface area contributed by atoms with Crippen molar-refractivity contribution in [3.8, 4) is 11.5 Å². The standard InChI is InChI=1S/C20H15F3N2O3S/c1-11-17(9-12-2-7-15-16(8-12)28-10-27-15)29-19(24-11)25-18(26)13-3-5-14(6-4-13)20(21,22)23/h2-8H,9-10H2,1H3,(H,24,25,26). The zero-order valence-corrected chi connectivity index (χ0v) is 16.0. The molecule has 150 valence electrons. The van der Waals surface area contributed by atoms with Crippen molar-refractivity contribution in [2.24, 2.45) is 0 Å². The molecule has 1 aliphatic heterocycles. The number of aromatic nitrogens is 1. The van der Waals surface area contributed by atoms with Crippen LogP contribution in [0.15, 0.2) is 42.5 Å². The van der Waals surface area contributed by atoms with Gasteiger partial charge in [-0.25, -0.2) is 4.98 Å². The Bertz CT molecular complexity index is 1060. The van der Waals surface area contributed by atoms with Gasteiger partial charge in [-0.05, 0) is 48.9 Å². The molecule has 0 bridgehead atoms. The van der Waals surface area contributed by atoms with Crippen LogP contribution in [0, 0.1) is 6.92 Å². The third kappa shape index (κ3) is 4.19. The molecule has 1 aliphatic rings. The van der Waals surface area contributed by atoms with Crippen LogP contribution in [0.3, 0.4) is 0 Å². The van der Waals surface area contributed by atoms with E-state index in [0.717, 1.165) is 40.4 Å². The molecule has 0 unspecified atom stereocenters. The average Bonchev–Trinajstić information content (AvgIpc) is 3.27. The zero-order valence-electron chi connectivity index (χ0n) is 15.2. The van der Waals surface area contributed by atoms with Gasteiger partial charge in [0.05, 0.1) is 11.3 Å². The molecule has 4 rings (SSSR count). The van der Waals surface area contributed by atoms with Gasteiger partial charge in [0.2, 0.25) is 6.79 Å². The highest BCUT2D eigenvalue weighted by Gasteiger charge is 2.30. The number of carbonyl (C=O) groups is 1. The van der Waals surface area contributed by atoms with Crippen molar-refractivity contribution in [2.75, 3.05) is 12.1 Å². The highest BCUT2D eigenvalue weighted by Crippen LogP contribution is 2.34. The second-order valence-corrected chi connectivity index (χ2v) is 7.50. The molecule has 1 N–H and O–H groups in total. The van der Waals surface area contributed by atoms with Gasteiger partial charge in [-0.15, -0.1) is 11.3 Å². The topological polar surface area (TPSA) is 60.5 Å². The summed E-state index contributed by atoms with van der Waals surface area (Å²) in [4.78, 5) is 17.6. The SMILES string of the molecule is Cc1nc(NC(=O)c2ccc(C(F)(F)F)cc2)sc1Cc1ccc2c(c1)OCO2. The number of nitrogens with zero attached hydrogens (tertiary/aromatic N) is 1. The molecule has 0 fully saturated rings. The molecule has 0 radical (unpaired) electrons. The minimum atomic E-state index is -4.44. The lowest BCUT2D eigenvalue weighted by molar-refractivity contribution is -0.137. The molecule has 5 nitrogen and oxygen atoms in total. The number of anilines is 1. The highest BCUT2D eigenvalue weighted by atomic mass is 32.1. The van der Waals surface area contributed by atoms with Gasteiger partial charge in [0.15, 0.2) is 16.6 Å². The molecule has 2 aromatic carbocycles. The Kier molecular flexibility index (Phi) is 4.91. The number of halogens is 3. The van der Waals surface area contributed by atoms with Crippen molar-refractivity contribution in [3.05, 3.63) is 69.7 Å². The van der Waals surface area contributed by atoms with Gasteiger partial charge < -0.3 is 9.47 Å². The Labute approximate surface area is 168 Å². The Hall–Kier alpha value is -3.07. The number of hydrogen-bond donors (Lipinski definition) is 1. The summed E-state index contributed by atoms with van der Waals surface area (Å²) >= 11 is 1.32. The number of fused-ring (bicyclic) bond motifs is 1. The van der Waals surface area contributed by atoms with E-state index < -0.39 is 17.6 Å². The largest absolute Gasteiger partial charge is 0.454 e. The fourth-order valence-corrected chi connectivity index (χ4v) is 3.85. The van der Waals surface area contributed by atoms with E-state index in [1.54, 1.807) is 0 Å². The van der Waals surface area contributed by atoms with E-state index >= 15 is 0 Å². The first-order valence-corrected chi connectivity index (χ1v) is 9.45. The number of aryl methyl sites for hydroxylation is 1. The van der Waals surface area contributed by atoms with Crippen molar-refractivity contribution < 1.29 is 27.4 Å². The number of benzene rings is 2. The molecule has 0 aliphatic carbocycles. The maximum absolute atomic E-state index is 12.6. The molecule has 0 saturated carbocycles. The number of nitrogens with one attached hydrogen (secondary N) is 1. The van der Waals surface area contributed by atoms with Crippen LogP contribution < -0.4 is 14.8 Å². The van der Waals surface area contributed by atoms with Gasteiger partial charge in [-0.1, -0.05) is 6.07 Å². The number of carbonyl (C=O) groups excluding carboxylic acids is 1. The van der Waals surface area contributed by atoms with Gasteiger partial charge >= 0.3 is 6.18 Å². The highest BCUT2D eigenvalue weighted by molar-refractivity contribution is 7.15. The molecule has 9 heteroatoms. The number of alkyl halides is 3. The van der Waals surface area contributed by atoms with E-state index in [9.17, 15) is 18.0 Å². The molecule has 0 spiro atoms. The molecule has 0 saturated heterocycles. The number of rotatable bonds is 4. The van der Waals surface area contributed by atoms with Crippen molar-refractivity contribution in [3.63, 3.8) is 0 Å². The average molecular weight is 420 g/mol. The molecule has 29 heavy (non-hydrogen) atoms. The Morgan fingerprint density at radius 2 is 1.86 bits per heavy atom. The van der Waals surface area contributed by atoms with Crippen LogP contribution in [0.2, 0.25) is 0 Å². The summed E-state index contributed by atoms with van der Waals surface area (Å²) < 4.78 is 48.6. The third-order valence-electron chi connectivity index (χ3n) is 4.39. The monoisotopic (exact) mass is 420 g/mol. The van der Waals surface area contributed by atoms with Crippen LogP contribution in [0.5, 0.6) is 11.5 Å². The minimum Gasteiger partial charge on any atom is -0.454 e. The lowest BCUT2D eigenvalue weighted by Gasteiger charge is -2.07. The molecular weight excluding hydrogens is 405 g/mol. The summed E-state index contributed by atoms with van der Waals surface area (Å²) in [6.07, 6.45) is -3.83. The van der Waals surface area contributed by atoms with Crippen LogP contribution in [-0.2, 0) is 12.6 Å². The molecule has 1 aromatic heterocycles. The van der Waals surface area contributed by atoms with Crippen LogP contribution >= 0.6 is 11.3 Å². The van der Waals surface area contributed by atoms with Gasteiger partial charge in [0.1, 0.15) is 0 Å². The fourth-order valence-electron chi connectivity index (χ4n) is 2.86. The number of hydrogen-bond acceptors (Lipinski definition) is 5. The first-order chi connectivity index (χ1) is 13.8. The lowest BCUT2D eigenvalue weighted by Crippen LogP contribution is -2.12. The summed E-state index contributed by atoms with van der Waals surface area (Å²) in [5, 5.41) is 3.04. The summed E-state index contributed by atoms with van der Waals surface area (Å²) in [7, 11) is 0. The van der Waals surface area contributed by atoms with Crippen molar-refractivity contribution in [1.82, 2.24) is 4.98 Å². The van der Waals surface area contributed by atoms with Gasteiger partial charge in [-0.2, -0.15) is 13.2 Å². The predicted octanol–water partition coefficient (Wildman–Crippen LogP) is 5.04. The van der Waals surface area contributed by atoms with Crippen molar-refractivity contribution in [1.29, 1.82) is 0 Å². The molecule has 3 aromatic rings. The molecule has 1 amide bonds. The Balaban J connectivity index is 1.46. The lowest BCUT2D eigenvalue weighted by atomic mass is 10.1. The molecular formula is C20H15F3N2O3S. The number of ether oxygens (including phenoxy) is 2. The van der Waals surface area contributed by atoms with E-state index in [1.807, 2.05) is 25.1 Å². The maximum atomic E-state index is 12.6. The van der Waals surface area contributed by atoms with Crippen LogP contribution in [0.4, 0.5) is 18.3 Å². The first-order valence-electron chi connectivity index (χ1n) is 8.63. The Morgan fingerprint density at radius 3 is 2.59 bits per heavy atom. The van der Waals surface area contributed by atoms with Crippen molar-refractivity contribution in [2.45, 2.75) is 19.5 Å². The molecule has 0 atom stereocenters. The Morgan fingerprint density at radius 1 is 1.14 bits per heavy atom. The summed E-state index contributed by atoms with van der Waals surface area (Å²) in [6.45, 7) is 2.05. The third-order valence-corrected chi connectivity index (χ3v) is 5.46. The van der Waals surface area contributed by atoms with Crippen LogP contribution in [-0.4, -0.2) is 17.7 Å². The van der Waals surface area contributed by atoms with Crippen LogP contribution in [0.1, 0.15) is 32.1 Å². The zero-order chi connectivity index (χ0) is 20.6. The summed E-state index contributed by atoms with van der Waals surface area (Å²) in [6, 6.07) is 9.74. The fraction of sp³-hybridized carbons (Fsp3) is 0.200. The van der Waals surface area contributed by atoms with Crippen LogP contribution in [0.25, 0.3) is 0 Å². The normalized spacial score (nSPS) is 12.8. The van der Waals surface area contributed by atoms with E-state index in [1.165, 1.54) is 11.3 Å². The quantitative estimate of drug-likeness (QED) is 0.642. The minimum absolute atomic E-state index is 0.128. The molecule has 2 heterocycles. The smallest absolute Gasteiger partial charge is 0.416 e. The van der Waals surface area contributed by atoms with E-state index in [0.29, 0.717) is 23.1 Å². The summed E-state index contributed by atoms with van der Waals surface area (Å²) in [5.41, 5.74) is 1.12.